The number of fused-ring (bicyclic) bond motifs is 1. The van der Waals surface area contributed by atoms with E-state index in [0.29, 0.717) is 36.7 Å². The zero-order valence-corrected chi connectivity index (χ0v) is 16.8. The van der Waals surface area contributed by atoms with Crippen LogP contribution >= 0.6 is 11.3 Å². The molecule has 3 heterocycles. The first-order valence-electron chi connectivity index (χ1n) is 9.04. The molecule has 0 aromatic carbocycles. The predicted octanol–water partition coefficient (Wildman–Crippen LogP) is 2.39. The van der Waals surface area contributed by atoms with Gasteiger partial charge >= 0.3 is 6.09 Å². The van der Waals surface area contributed by atoms with Gasteiger partial charge in [-0.05, 0) is 38.8 Å². The predicted molar refractivity (Wildman–Crippen MR) is 105 cm³/mol. The SMILES string of the molecule is CCOC(=O)N1CCc2c(sc(NC(=O)c3ccn(C(C)C)n3)c2C(N)=O)C1. The zero-order chi connectivity index (χ0) is 20.4. The molecule has 0 saturated carbocycles. The highest BCUT2D eigenvalue weighted by atomic mass is 32.1. The molecule has 28 heavy (non-hydrogen) atoms. The van der Waals surface area contributed by atoms with Crippen LogP contribution in [0.4, 0.5) is 9.80 Å². The lowest BCUT2D eigenvalue weighted by atomic mass is 10.0. The molecule has 0 radical (unpaired) electrons. The van der Waals surface area contributed by atoms with Crippen LogP contribution in [0.25, 0.3) is 0 Å². The fourth-order valence-electron chi connectivity index (χ4n) is 3.04. The normalized spacial score (nSPS) is 13.4. The van der Waals surface area contributed by atoms with E-state index >= 15 is 0 Å². The molecule has 1 aliphatic heterocycles. The monoisotopic (exact) mass is 405 g/mol. The summed E-state index contributed by atoms with van der Waals surface area (Å²) >= 11 is 1.25. The third-order valence-corrected chi connectivity index (χ3v) is 5.56. The van der Waals surface area contributed by atoms with E-state index in [-0.39, 0.29) is 11.7 Å². The number of thiophene rings is 1. The third-order valence-electron chi connectivity index (χ3n) is 4.43. The van der Waals surface area contributed by atoms with Crippen molar-refractivity contribution in [3.8, 4) is 0 Å². The van der Waals surface area contributed by atoms with E-state index in [1.807, 2.05) is 13.8 Å². The van der Waals surface area contributed by atoms with Crippen molar-refractivity contribution in [1.82, 2.24) is 14.7 Å². The number of hydrogen-bond donors (Lipinski definition) is 2. The molecule has 2 aromatic heterocycles. The number of nitrogens with one attached hydrogen (secondary N) is 1. The van der Waals surface area contributed by atoms with Crippen LogP contribution in [0.3, 0.4) is 0 Å². The first-order valence-corrected chi connectivity index (χ1v) is 9.86. The molecule has 0 bridgehead atoms. The summed E-state index contributed by atoms with van der Waals surface area (Å²) < 4.78 is 6.73. The maximum Gasteiger partial charge on any atom is 0.410 e. The first kappa shape index (κ1) is 19.9. The van der Waals surface area contributed by atoms with Gasteiger partial charge in [-0.15, -0.1) is 11.3 Å². The van der Waals surface area contributed by atoms with Gasteiger partial charge < -0.3 is 20.7 Å². The largest absolute Gasteiger partial charge is 0.450 e. The second kappa shape index (κ2) is 8.01. The van der Waals surface area contributed by atoms with Crippen molar-refractivity contribution < 1.29 is 19.1 Å². The van der Waals surface area contributed by atoms with Gasteiger partial charge in [0.1, 0.15) is 5.00 Å². The lowest BCUT2D eigenvalue weighted by Gasteiger charge is -2.26. The number of nitrogens with two attached hydrogens (primary N) is 1. The zero-order valence-electron chi connectivity index (χ0n) is 16.0. The van der Waals surface area contributed by atoms with Crippen molar-refractivity contribution in [2.24, 2.45) is 5.73 Å². The second-order valence-electron chi connectivity index (χ2n) is 6.67. The molecule has 1 aliphatic rings. The number of rotatable bonds is 5. The highest BCUT2D eigenvalue weighted by molar-refractivity contribution is 7.17. The molecule has 150 valence electrons. The molecular weight excluding hydrogens is 382 g/mol. The van der Waals surface area contributed by atoms with Gasteiger partial charge in [-0.3, -0.25) is 14.3 Å². The van der Waals surface area contributed by atoms with E-state index < -0.39 is 17.9 Å². The van der Waals surface area contributed by atoms with E-state index in [2.05, 4.69) is 10.4 Å². The molecule has 0 unspecified atom stereocenters. The Morgan fingerprint density at radius 3 is 2.75 bits per heavy atom. The summed E-state index contributed by atoms with van der Waals surface area (Å²) in [6.45, 7) is 6.71. The molecule has 2 aromatic rings. The minimum absolute atomic E-state index is 0.130. The highest BCUT2D eigenvalue weighted by Gasteiger charge is 2.30. The summed E-state index contributed by atoms with van der Waals surface area (Å²) in [5, 5.41) is 7.38. The van der Waals surface area contributed by atoms with Crippen molar-refractivity contribution in [2.75, 3.05) is 18.5 Å². The number of ether oxygens (including phenoxy) is 1. The summed E-state index contributed by atoms with van der Waals surface area (Å²) in [4.78, 5) is 39.0. The Morgan fingerprint density at radius 2 is 2.14 bits per heavy atom. The van der Waals surface area contributed by atoms with Crippen LogP contribution < -0.4 is 11.1 Å². The molecule has 0 fully saturated rings. The number of amides is 3. The Bertz CT molecular complexity index is 917. The van der Waals surface area contributed by atoms with Gasteiger partial charge in [0, 0.05) is 23.7 Å². The number of anilines is 1. The molecule has 9 nitrogen and oxygen atoms in total. The van der Waals surface area contributed by atoms with Crippen molar-refractivity contribution >= 4 is 34.2 Å². The number of aromatic nitrogens is 2. The van der Waals surface area contributed by atoms with Crippen LogP contribution in [0.1, 0.15) is 58.1 Å². The Morgan fingerprint density at radius 1 is 1.39 bits per heavy atom. The summed E-state index contributed by atoms with van der Waals surface area (Å²) in [6, 6.07) is 1.75. The third kappa shape index (κ3) is 3.86. The van der Waals surface area contributed by atoms with E-state index in [1.54, 1.807) is 28.8 Å². The van der Waals surface area contributed by atoms with Gasteiger partial charge in [-0.1, -0.05) is 0 Å². The Hall–Kier alpha value is -2.88. The van der Waals surface area contributed by atoms with Crippen molar-refractivity contribution in [2.45, 2.75) is 39.8 Å². The smallest absolute Gasteiger partial charge is 0.410 e. The molecule has 0 atom stereocenters. The molecule has 0 spiro atoms. The molecule has 10 heteroatoms. The van der Waals surface area contributed by atoms with Crippen LogP contribution in [-0.4, -0.2) is 45.7 Å². The standard InChI is InChI=1S/C18H23N5O4S/c1-4-27-18(26)22-7-5-11-13(9-22)28-17(14(11)15(19)24)20-16(25)12-6-8-23(21-12)10(2)3/h6,8,10H,4-5,7,9H2,1-3H3,(H2,19,24)(H,20,25). The first-order chi connectivity index (χ1) is 13.3. The Balaban J connectivity index is 1.84. The Labute approximate surface area is 166 Å². The molecule has 3 N–H and O–H groups in total. The second-order valence-corrected chi connectivity index (χ2v) is 7.78. The van der Waals surface area contributed by atoms with Gasteiger partial charge in [0.15, 0.2) is 5.69 Å². The fraction of sp³-hybridized carbons (Fsp3) is 0.444. The molecular formula is C18H23N5O4S. The van der Waals surface area contributed by atoms with E-state index in [4.69, 9.17) is 10.5 Å². The number of primary amides is 1. The van der Waals surface area contributed by atoms with Crippen molar-refractivity contribution in [3.63, 3.8) is 0 Å². The topological polar surface area (TPSA) is 120 Å². The highest BCUT2D eigenvalue weighted by Crippen LogP contribution is 2.37. The molecule has 3 rings (SSSR count). The average Bonchev–Trinajstić information content (AvgIpc) is 3.26. The summed E-state index contributed by atoms with van der Waals surface area (Å²) in [7, 11) is 0. The summed E-state index contributed by atoms with van der Waals surface area (Å²) in [5.74, 6) is -1.02. The number of nitrogens with zero attached hydrogens (tertiary/aromatic N) is 3. The van der Waals surface area contributed by atoms with Crippen LogP contribution in [0.5, 0.6) is 0 Å². The maximum atomic E-state index is 12.6. The average molecular weight is 405 g/mol. The minimum atomic E-state index is -0.606. The number of carbonyl (C=O) groups excluding carboxylic acids is 3. The van der Waals surface area contributed by atoms with Crippen LogP contribution in [0, 0.1) is 0 Å². The molecule has 0 aliphatic carbocycles. The lowest BCUT2D eigenvalue weighted by Crippen LogP contribution is -2.36. The molecule has 3 amide bonds. The summed E-state index contributed by atoms with van der Waals surface area (Å²) in [5.41, 5.74) is 6.91. The fourth-order valence-corrected chi connectivity index (χ4v) is 4.30. The quantitative estimate of drug-likeness (QED) is 0.791. The minimum Gasteiger partial charge on any atom is -0.450 e. The van der Waals surface area contributed by atoms with E-state index in [9.17, 15) is 14.4 Å². The van der Waals surface area contributed by atoms with Crippen LogP contribution in [0.2, 0.25) is 0 Å². The van der Waals surface area contributed by atoms with Crippen molar-refractivity contribution in [1.29, 1.82) is 0 Å². The number of carbonyl (C=O) groups is 3. The van der Waals surface area contributed by atoms with Crippen LogP contribution in [-0.2, 0) is 17.7 Å². The summed E-state index contributed by atoms with van der Waals surface area (Å²) in [6.07, 6.45) is 1.80. The number of hydrogen-bond acceptors (Lipinski definition) is 6. The van der Waals surface area contributed by atoms with E-state index in [0.717, 1.165) is 10.4 Å². The van der Waals surface area contributed by atoms with Gasteiger partial charge in [-0.25, -0.2) is 4.79 Å². The van der Waals surface area contributed by atoms with Gasteiger partial charge in [0.05, 0.1) is 18.7 Å². The van der Waals surface area contributed by atoms with Gasteiger partial charge in [0.25, 0.3) is 11.8 Å². The maximum absolute atomic E-state index is 12.6. The lowest BCUT2D eigenvalue weighted by molar-refractivity contribution is 0.0997. The van der Waals surface area contributed by atoms with Crippen LogP contribution in [0.15, 0.2) is 12.3 Å². The van der Waals surface area contributed by atoms with Crippen molar-refractivity contribution in [3.05, 3.63) is 34.0 Å². The van der Waals surface area contributed by atoms with E-state index in [1.165, 1.54) is 11.3 Å². The van der Waals surface area contributed by atoms with Gasteiger partial charge in [0.2, 0.25) is 0 Å². The molecule has 0 saturated heterocycles. The Kier molecular flexibility index (Phi) is 5.68. The van der Waals surface area contributed by atoms with Gasteiger partial charge in [-0.2, -0.15) is 5.10 Å².